The molecule has 21 heavy (non-hydrogen) atoms. The zero-order valence-electron chi connectivity index (χ0n) is 12.0. The van der Waals surface area contributed by atoms with E-state index in [0.717, 1.165) is 19.3 Å². The average Bonchev–Trinajstić information content (AvgIpc) is 2.90. The van der Waals surface area contributed by atoms with Crippen molar-refractivity contribution < 1.29 is 13.2 Å². The number of fused-ring (bicyclic) bond motifs is 1. The Bertz CT molecular complexity index is 498. The topological polar surface area (TPSA) is 46.0 Å². The van der Waals surface area contributed by atoms with Crippen molar-refractivity contribution in [2.75, 3.05) is 13.6 Å². The summed E-state index contributed by atoms with van der Waals surface area (Å²) in [5, 5.41) is 10.4. The second-order valence-corrected chi connectivity index (χ2v) is 5.87. The first kappa shape index (κ1) is 14.8. The first-order valence-electron chi connectivity index (χ1n) is 7.39. The van der Waals surface area contributed by atoms with Crippen molar-refractivity contribution in [3.8, 4) is 0 Å². The van der Waals surface area contributed by atoms with E-state index in [0.29, 0.717) is 37.5 Å². The average molecular weight is 303 g/mol. The molecule has 0 spiro atoms. The van der Waals surface area contributed by atoms with Gasteiger partial charge >= 0.3 is 6.18 Å². The van der Waals surface area contributed by atoms with Crippen LogP contribution in [-0.4, -0.2) is 45.3 Å². The lowest BCUT2D eigenvalue weighted by atomic mass is 9.90. The lowest BCUT2D eigenvalue weighted by molar-refractivity contribution is -0.148. The van der Waals surface area contributed by atoms with Crippen LogP contribution in [0, 0.1) is 0 Å². The van der Waals surface area contributed by atoms with Gasteiger partial charge in [-0.15, -0.1) is 10.2 Å². The van der Waals surface area contributed by atoms with Crippen molar-refractivity contribution in [3.05, 3.63) is 11.6 Å². The zero-order chi connectivity index (χ0) is 15.0. The van der Waals surface area contributed by atoms with E-state index in [1.807, 2.05) is 7.05 Å². The molecule has 2 atom stereocenters. The van der Waals surface area contributed by atoms with Gasteiger partial charge in [0.15, 0.2) is 0 Å². The fraction of sp³-hybridized carbons (Fsp3) is 0.846. The van der Waals surface area contributed by atoms with E-state index in [1.54, 1.807) is 0 Å². The smallest absolute Gasteiger partial charge is 0.317 e. The summed E-state index contributed by atoms with van der Waals surface area (Å²) in [5.74, 6) is -0.436. The summed E-state index contributed by atoms with van der Waals surface area (Å²) in [6, 6.07) is 0.935. The van der Waals surface area contributed by atoms with Gasteiger partial charge in [0.05, 0.1) is 6.54 Å². The Morgan fingerprint density at radius 1 is 1.19 bits per heavy atom. The molecular formula is C13H20F3N5. The maximum atomic E-state index is 12.8. The Hall–Kier alpha value is -1.15. The predicted octanol–water partition coefficient (Wildman–Crippen LogP) is 1.64. The highest BCUT2D eigenvalue weighted by Gasteiger charge is 2.40. The molecule has 2 unspecified atom stereocenters. The summed E-state index contributed by atoms with van der Waals surface area (Å²) in [7, 11) is 1.97. The molecule has 1 aliphatic carbocycles. The van der Waals surface area contributed by atoms with Crippen molar-refractivity contribution in [1.82, 2.24) is 25.0 Å². The molecular weight excluding hydrogens is 283 g/mol. The third-order valence-electron chi connectivity index (χ3n) is 4.61. The van der Waals surface area contributed by atoms with Gasteiger partial charge in [0.25, 0.3) is 0 Å². The molecule has 0 radical (unpaired) electrons. The highest BCUT2D eigenvalue weighted by molar-refractivity contribution is 5.03. The predicted molar refractivity (Wildman–Crippen MR) is 70.5 cm³/mol. The van der Waals surface area contributed by atoms with Crippen molar-refractivity contribution in [1.29, 1.82) is 0 Å². The quantitative estimate of drug-likeness (QED) is 0.902. The van der Waals surface area contributed by atoms with Crippen molar-refractivity contribution in [2.24, 2.45) is 0 Å². The van der Waals surface area contributed by atoms with Gasteiger partial charge in [-0.25, -0.2) is 0 Å². The van der Waals surface area contributed by atoms with Gasteiger partial charge in [-0.05, 0) is 26.3 Å². The minimum Gasteiger partial charge on any atom is -0.317 e. The largest absolute Gasteiger partial charge is 0.451 e. The summed E-state index contributed by atoms with van der Waals surface area (Å²) in [6.07, 6.45) is 0.0765. The monoisotopic (exact) mass is 303 g/mol. The summed E-state index contributed by atoms with van der Waals surface area (Å²) in [5.41, 5.74) is 0. The van der Waals surface area contributed by atoms with Gasteiger partial charge in [0, 0.05) is 25.2 Å². The van der Waals surface area contributed by atoms with Crippen molar-refractivity contribution in [3.63, 3.8) is 0 Å². The highest BCUT2D eigenvalue weighted by Crippen LogP contribution is 2.31. The molecule has 0 amide bonds. The first-order valence-corrected chi connectivity index (χ1v) is 7.39. The van der Waals surface area contributed by atoms with E-state index in [-0.39, 0.29) is 0 Å². The lowest BCUT2D eigenvalue weighted by Crippen LogP contribution is -2.46. The zero-order valence-corrected chi connectivity index (χ0v) is 12.0. The Kier molecular flexibility index (Phi) is 3.92. The molecule has 0 bridgehead atoms. The first-order chi connectivity index (χ1) is 9.99. The minimum atomic E-state index is -4.42. The van der Waals surface area contributed by atoms with Gasteiger partial charge in [-0.3, -0.25) is 4.90 Å². The van der Waals surface area contributed by atoms with Crippen LogP contribution in [0.15, 0.2) is 0 Å². The summed E-state index contributed by atoms with van der Waals surface area (Å²) in [6.45, 7) is 1.41. The van der Waals surface area contributed by atoms with Crippen LogP contribution in [0.25, 0.3) is 0 Å². The number of aromatic nitrogens is 3. The number of nitrogens with one attached hydrogen (secondary N) is 1. The molecule has 1 fully saturated rings. The normalized spacial score (nSPS) is 27.6. The van der Waals surface area contributed by atoms with Gasteiger partial charge in [0.1, 0.15) is 5.82 Å². The van der Waals surface area contributed by atoms with Crippen molar-refractivity contribution >= 4 is 0 Å². The number of halogens is 3. The van der Waals surface area contributed by atoms with E-state index < -0.39 is 12.0 Å². The SMILES string of the molecule is CNC1CCCC(N2CCn3c(nnc3C(F)(F)F)C2)C1. The number of hydrogen-bond acceptors (Lipinski definition) is 4. The second kappa shape index (κ2) is 5.57. The fourth-order valence-electron chi connectivity index (χ4n) is 3.46. The van der Waals surface area contributed by atoms with Crippen LogP contribution in [0.5, 0.6) is 0 Å². The van der Waals surface area contributed by atoms with Crippen LogP contribution >= 0.6 is 0 Å². The van der Waals surface area contributed by atoms with Gasteiger partial charge in [-0.2, -0.15) is 13.2 Å². The molecule has 1 N–H and O–H groups in total. The maximum absolute atomic E-state index is 12.8. The minimum absolute atomic E-state index is 0.317. The molecule has 5 nitrogen and oxygen atoms in total. The lowest BCUT2D eigenvalue weighted by Gasteiger charge is -2.39. The number of hydrogen-bond donors (Lipinski definition) is 1. The van der Waals surface area contributed by atoms with Crippen LogP contribution in [0.1, 0.15) is 37.3 Å². The molecule has 1 saturated carbocycles. The van der Waals surface area contributed by atoms with Crippen molar-refractivity contribution in [2.45, 2.75) is 57.0 Å². The van der Waals surface area contributed by atoms with E-state index in [4.69, 9.17) is 0 Å². The van der Waals surface area contributed by atoms with Crippen LogP contribution in [-0.2, 0) is 19.3 Å². The van der Waals surface area contributed by atoms with Crippen LogP contribution in [0.2, 0.25) is 0 Å². The Morgan fingerprint density at radius 3 is 2.71 bits per heavy atom. The Balaban J connectivity index is 1.72. The second-order valence-electron chi connectivity index (χ2n) is 5.87. The van der Waals surface area contributed by atoms with E-state index in [9.17, 15) is 13.2 Å². The van der Waals surface area contributed by atoms with Gasteiger partial charge < -0.3 is 9.88 Å². The number of rotatable bonds is 2. The molecule has 1 aliphatic heterocycles. The van der Waals surface area contributed by atoms with E-state index in [1.165, 1.54) is 11.0 Å². The summed E-state index contributed by atoms with van der Waals surface area (Å²) >= 11 is 0. The third-order valence-corrected chi connectivity index (χ3v) is 4.61. The number of nitrogens with zero attached hydrogens (tertiary/aromatic N) is 4. The summed E-state index contributed by atoms with van der Waals surface area (Å²) < 4.78 is 39.7. The van der Waals surface area contributed by atoms with E-state index >= 15 is 0 Å². The highest BCUT2D eigenvalue weighted by atomic mass is 19.4. The molecule has 3 rings (SSSR count). The van der Waals surface area contributed by atoms with Crippen LogP contribution in [0.3, 0.4) is 0 Å². The fourth-order valence-corrected chi connectivity index (χ4v) is 3.46. The Morgan fingerprint density at radius 2 is 2.00 bits per heavy atom. The number of alkyl halides is 3. The van der Waals surface area contributed by atoms with Gasteiger partial charge in [-0.1, -0.05) is 6.42 Å². The molecule has 0 aromatic carbocycles. The molecule has 2 aliphatic rings. The maximum Gasteiger partial charge on any atom is 0.451 e. The van der Waals surface area contributed by atoms with Crippen LogP contribution < -0.4 is 5.32 Å². The van der Waals surface area contributed by atoms with Gasteiger partial charge in [0.2, 0.25) is 5.82 Å². The van der Waals surface area contributed by atoms with E-state index in [2.05, 4.69) is 20.4 Å². The molecule has 8 heteroatoms. The molecule has 118 valence electrons. The molecule has 1 aromatic rings. The molecule has 2 heterocycles. The molecule has 0 saturated heterocycles. The summed E-state index contributed by atoms with van der Waals surface area (Å²) in [4.78, 5) is 2.26. The Labute approximate surface area is 121 Å². The third kappa shape index (κ3) is 2.91. The molecule has 1 aromatic heterocycles. The standard InChI is InChI=1S/C13H20F3N5/c1-17-9-3-2-4-10(7-9)20-5-6-21-11(8-20)18-19-12(21)13(14,15)16/h9-10,17H,2-8H2,1H3. The van der Waals surface area contributed by atoms with Crippen LogP contribution in [0.4, 0.5) is 13.2 Å².